The first-order valence-corrected chi connectivity index (χ1v) is 10.8. The zero-order valence-electron chi connectivity index (χ0n) is 18.2. The maximum atomic E-state index is 13.2. The Bertz CT molecular complexity index is 856. The maximum absolute atomic E-state index is 13.2. The Hall–Kier alpha value is -2.53. The second kappa shape index (κ2) is 11.6. The van der Waals surface area contributed by atoms with Crippen LogP contribution in [0.3, 0.4) is 0 Å². The van der Waals surface area contributed by atoms with E-state index in [9.17, 15) is 9.59 Å². The van der Waals surface area contributed by atoms with Crippen molar-refractivity contribution in [3.8, 4) is 5.75 Å². The quantitative estimate of drug-likeness (QED) is 0.591. The summed E-state index contributed by atoms with van der Waals surface area (Å²) in [5.41, 5.74) is 1.74. The van der Waals surface area contributed by atoms with Gasteiger partial charge in [0.15, 0.2) is 6.61 Å². The minimum atomic E-state index is -0.608. The van der Waals surface area contributed by atoms with Gasteiger partial charge in [0.1, 0.15) is 11.8 Å². The highest BCUT2D eigenvalue weighted by Crippen LogP contribution is 2.21. The normalized spacial score (nSPS) is 12.7. The molecule has 0 aliphatic heterocycles. The lowest BCUT2D eigenvalue weighted by molar-refractivity contribution is -0.143. The maximum Gasteiger partial charge on any atom is 0.261 e. The Labute approximate surface area is 184 Å². The number of hydrogen-bond donors (Lipinski definition) is 1. The van der Waals surface area contributed by atoms with E-state index in [1.54, 1.807) is 11.0 Å². The molecule has 1 N–H and O–H groups in total. The minimum Gasteiger partial charge on any atom is -0.484 e. The van der Waals surface area contributed by atoms with E-state index in [0.29, 0.717) is 17.2 Å². The highest BCUT2D eigenvalue weighted by Gasteiger charge is 2.30. The van der Waals surface area contributed by atoms with Gasteiger partial charge in [0.05, 0.1) is 0 Å². The summed E-state index contributed by atoms with van der Waals surface area (Å²) in [6, 6.07) is 14.3. The van der Waals surface area contributed by atoms with E-state index in [4.69, 9.17) is 16.3 Å². The zero-order chi connectivity index (χ0) is 22.1. The number of carbonyl (C=O) groups is 2. The van der Waals surface area contributed by atoms with Crippen LogP contribution >= 0.6 is 11.6 Å². The monoisotopic (exact) mass is 430 g/mol. The predicted molar refractivity (Wildman–Crippen MR) is 121 cm³/mol. The largest absolute Gasteiger partial charge is 0.484 e. The molecule has 2 amide bonds. The van der Waals surface area contributed by atoms with Gasteiger partial charge in [-0.1, -0.05) is 61.8 Å². The van der Waals surface area contributed by atoms with Gasteiger partial charge in [0, 0.05) is 17.6 Å². The van der Waals surface area contributed by atoms with E-state index >= 15 is 0 Å². The average Bonchev–Trinajstić information content (AvgIpc) is 2.74. The summed E-state index contributed by atoms with van der Waals surface area (Å²) in [6.07, 6.45) is 1.31. The molecule has 0 radical (unpaired) electrons. The van der Waals surface area contributed by atoms with Crippen LogP contribution in [-0.2, 0) is 16.1 Å². The van der Waals surface area contributed by atoms with Gasteiger partial charge in [0.2, 0.25) is 5.91 Å². The summed E-state index contributed by atoms with van der Waals surface area (Å²) < 4.78 is 5.77. The first-order chi connectivity index (χ1) is 14.4. The number of ether oxygens (including phenoxy) is 1. The fourth-order valence-electron chi connectivity index (χ4n) is 3.11. The van der Waals surface area contributed by atoms with Crippen molar-refractivity contribution in [2.24, 2.45) is 0 Å². The Kier molecular flexibility index (Phi) is 9.18. The molecule has 2 atom stereocenters. The second-order valence-corrected chi connectivity index (χ2v) is 7.82. The summed E-state index contributed by atoms with van der Waals surface area (Å²) >= 11 is 6.33. The summed E-state index contributed by atoms with van der Waals surface area (Å²) in [5.74, 6) is 0.230. The van der Waals surface area contributed by atoms with Crippen LogP contribution in [0.4, 0.5) is 0 Å². The van der Waals surface area contributed by atoms with Crippen molar-refractivity contribution < 1.29 is 14.3 Å². The molecule has 0 heterocycles. The van der Waals surface area contributed by atoms with Crippen molar-refractivity contribution in [2.45, 2.75) is 59.2 Å². The molecule has 5 nitrogen and oxygen atoms in total. The highest BCUT2D eigenvalue weighted by molar-refractivity contribution is 6.31. The van der Waals surface area contributed by atoms with E-state index < -0.39 is 6.04 Å². The Morgan fingerprint density at radius 1 is 1.07 bits per heavy atom. The Morgan fingerprint density at radius 3 is 2.37 bits per heavy atom. The molecule has 162 valence electrons. The third-order valence-electron chi connectivity index (χ3n) is 5.13. The van der Waals surface area contributed by atoms with Crippen molar-refractivity contribution in [1.82, 2.24) is 10.2 Å². The van der Waals surface area contributed by atoms with Crippen LogP contribution in [0.25, 0.3) is 0 Å². The Morgan fingerprint density at radius 2 is 1.73 bits per heavy atom. The van der Waals surface area contributed by atoms with Gasteiger partial charge in [-0.05, 0) is 49.9 Å². The number of hydrogen-bond acceptors (Lipinski definition) is 3. The molecule has 0 aliphatic carbocycles. The molecular weight excluding hydrogens is 400 g/mol. The molecule has 0 saturated heterocycles. The van der Waals surface area contributed by atoms with Crippen LogP contribution < -0.4 is 10.1 Å². The second-order valence-electron chi connectivity index (χ2n) is 7.41. The number of carbonyl (C=O) groups excluding carboxylic acids is 2. The van der Waals surface area contributed by atoms with Crippen molar-refractivity contribution in [3.05, 3.63) is 64.7 Å². The first-order valence-electron chi connectivity index (χ1n) is 10.4. The van der Waals surface area contributed by atoms with E-state index in [1.807, 2.05) is 70.2 Å². The van der Waals surface area contributed by atoms with Crippen molar-refractivity contribution >= 4 is 23.4 Å². The minimum absolute atomic E-state index is 0.0343. The fourth-order valence-corrected chi connectivity index (χ4v) is 3.31. The zero-order valence-corrected chi connectivity index (χ0v) is 18.9. The van der Waals surface area contributed by atoms with Crippen LogP contribution in [-0.4, -0.2) is 35.4 Å². The SMILES string of the molecule is CC[C@H](C(=O)N[C@@H](C)CC)N(Cc1ccccc1Cl)C(=O)COc1ccccc1C. The van der Waals surface area contributed by atoms with Crippen molar-refractivity contribution in [1.29, 1.82) is 0 Å². The lowest BCUT2D eigenvalue weighted by atomic mass is 10.1. The van der Waals surface area contributed by atoms with E-state index in [-0.39, 0.29) is 31.0 Å². The van der Waals surface area contributed by atoms with E-state index in [0.717, 1.165) is 17.5 Å². The van der Waals surface area contributed by atoms with Crippen molar-refractivity contribution in [2.75, 3.05) is 6.61 Å². The summed E-state index contributed by atoms with van der Waals surface area (Å²) in [7, 11) is 0. The lowest BCUT2D eigenvalue weighted by Gasteiger charge is -2.31. The first kappa shape index (κ1) is 23.7. The molecular formula is C24H31ClN2O3. The summed E-state index contributed by atoms with van der Waals surface area (Å²) in [5, 5.41) is 3.55. The smallest absolute Gasteiger partial charge is 0.261 e. The molecule has 2 aromatic carbocycles. The fraction of sp³-hybridized carbons (Fsp3) is 0.417. The third kappa shape index (κ3) is 6.49. The molecule has 6 heteroatoms. The van der Waals surface area contributed by atoms with Gasteiger partial charge in [0.25, 0.3) is 5.91 Å². The predicted octanol–water partition coefficient (Wildman–Crippen LogP) is 4.75. The van der Waals surface area contributed by atoms with Gasteiger partial charge < -0.3 is 15.0 Å². The number of para-hydroxylation sites is 1. The molecule has 2 rings (SSSR count). The van der Waals surface area contributed by atoms with Gasteiger partial charge >= 0.3 is 0 Å². The molecule has 2 aromatic rings. The topological polar surface area (TPSA) is 58.6 Å². The van der Waals surface area contributed by atoms with Gasteiger partial charge in [-0.3, -0.25) is 9.59 Å². The number of halogens is 1. The molecule has 0 fully saturated rings. The molecule has 0 saturated carbocycles. The standard InChI is InChI=1S/C24H31ClN2O3/c1-5-18(4)26-24(29)21(6-2)27(15-19-12-8-9-13-20(19)25)23(28)16-30-22-14-10-7-11-17(22)3/h7-14,18,21H,5-6,15-16H2,1-4H3,(H,26,29)/t18-,21+/m0/s1. The number of nitrogens with one attached hydrogen (secondary N) is 1. The van der Waals surface area contributed by atoms with E-state index in [1.165, 1.54) is 0 Å². The number of nitrogens with zero attached hydrogens (tertiary/aromatic N) is 1. The van der Waals surface area contributed by atoms with Crippen LogP contribution in [0, 0.1) is 6.92 Å². The number of aryl methyl sites for hydroxylation is 1. The molecule has 0 spiro atoms. The summed E-state index contributed by atoms with van der Waals surface area (Å²) in [4.78, 5) is 27.7. The molecule has 0 unspecified atom stereocenters. The van der Waals surface area contributed by atoms with E-state index in [2.05, 4.69) is 5.32 Å². The molecule has 0 bridgehead atoms. The molecule has 0 aromatic heterocycles. The van der Waals surface area contributed by atoms with Crippen molar-refractivity contribution in [3.63, 3.8) is 0 Å². The van der Waals surface area contributed by atoms with Crippen LogP contribution in [0.1, 0.15) is 44.7 Å². The average molecular weight is 431 g/mol. The van der Waals surface area contributed by atoms with Crippen LogP contribution in [0.15, 0.2) is 48.5 Å². The van der Waals surface area contributed by atoms with Crippen LogP contribution in [0.5, 0.6) is 5.75 Å². The number of benzene rings is 2. The van der Waals surface area contributed by atoms with Gasteiger partial charge in [-0.25, -0.2) is 0 Å². The number of rotatable bonds is 10. The molecule has 0 aliphatic rings. The Balaban J connectivity index is 2.24. The number of amides is 2. The third-order valence-corrected chi connectivity index (χ3v) is 5.50. The lowest BCUT2D eigenvalue weighted by Crippen LogP contribution is -2.51. The van der Waals surface area contributed by atoms with Gasteiger partial charge in [-0.15, -0.1) is 0 Å². The van der Waals surface area contributed by atoms with Gasteiger partial charge in [-0.2, -0.15) is 0 Å². The summed E-state index contributed by atoms with van der Waals surface area (Å²) in [6.45, 7) is 7.87. The van der Waals surface area contributed by atoms with Crippen LogP contribution in [0.2, 0.25) is 5.02 Å². The molecule has 30 heavy (non-hydrogen) atoms. The highest BCUT2D eigenvalue weighted by atomic mass is 35.5.